The lowest BCUT2D eigenvalue weighted by Crippen LogP contribution is -2.12. The summed E-state index contributed by atoms with van der Waals surface area (Å²) in [5.74, 6) is 2.43. The molecule has 0 bridgehead atoms. The molecule has 10 heavy (non-hydrogen) atoms. The van der Waals surface area contributed by atoms with Crippen molar-refractivity contribution in [3.63, 3.8) is 0 Å². The summed E-state index contributed by atoms with van der Waals surface area (Å²) in [7, 11) is 10.5. The summed E-state index contributed by atoms with van der Waals surface area (Å²) in [6.07, 6.45) is 9.01. The van der Waals surface area contributed by atoms with Crippen LogP contribution in [-0.4, -0.2) is 12.2 Å². The van der Waals surface area contributed by atoms with Crippen LogP contribution in [0.3, 0.4) is 0 Å². The molecule has 1 rings (SSSR count). The van der Waals surface area contributed by atoms with Crippen molar-refractivity contribution in [2.75, 3.05) is 6.26 Å². The van der Waals surface area contributed by atoms with Crippen LogP contribution in [0.1, 0.15) is 0 Å². The molecule has 0 fully saturated rings. The minimum absolute atomic E-state index is 0.348. The molecule has 56 valence electrons. The average molecular weight is 195 g/mol. The van der Waals surface area contributed by atoms with Crippen LogP contribution >= 0.6 is 29.7 Å². The van der Waals surface area contributed by atoms with Crippen LogP contribution in [0.4, 0.5) is 0 Å². The highest BCUT2D eigenvalue weighted by atomic mass is 36.0. The molecule has 1 aliphatic heterocycles. The predicted molar refractivity (Wildman–Crippen MR) is 54.1 cm³/mol. The molecular formula is C6H9BCl2S. The summed E-state index contributed by atoms with van der Waals surface area (Å²) in [5, 5.41) is 0. The van der Waals surface area contributed by atoms with E-state index < -0.39 is 8.31 Å². The van der Waals surface area contributed by atoms with Crippen molar-refractivity contribution in [3.8, 4) is 0 Å². The lowest BCUT2D eigenvalue weighted by atomic mass is 9.70. The van der Waals surface area contributed by atoms with Crippen molar-refractivity contribution >= 4 is 35.7 Å². The Morgan fingerprint density at radius 2 is 2.10 bits per heavy atom. The van der Waals surface area contributed by atoms with E-state index in [4.69, 9.17) is 21.4 Å². The van der Waals surface area contributed by atoms with Crippen molar-refractivity contribution in [2.45, 2.75) is 6.32 Å². The Labute approximate surface area is 72.6 Å². The molecule has 0 aliphatic carbocycles. The second-order valence-corrected chi connectivity index (χ2v) is 8.86. The Morgan fingerprint density at radius 1 is 1.40 bits per heavy atom. The van der Waals surface area contributed by atoms with E-state index in [1.807, 2.05) is 18.4 Å². The largest absolute Gasteiger partial charge is 0.253 e. The maximum absolute atomic E-state index is 5.98. The number of halogens is 2. The second-order valence-electron chi connectivity index (χ2n) is 2.37. The number of rotatable bonds is 1. The minimum atomic E-state index is -1.42. The summed E-state index contributed by atoms with van der Waals surface area (Å²) in [6.45, 7) is 0. The second kappa shape index (κ2) is 3.25. The van der Waals surface area contributed by atoms with Crippen LogP contribution < -0.4 is 0 Å². The number of allylic oxidation sites excluding steroid dienone is 3. The van der Waals surface area contributed by atoms with Gasteiger partial charge in [-0.05, 0) is 12.6 Å². The van der Waals surface area contributed by atoms with Gasteiger partial charge in [-0.25, -0.2) is 0 Å². The highest BCUT2D eigenvalue weighted by Crippen LogP contribution is 2.58. The van der Waals surface area contributed by atoms with E-state index >= 15 is 0 Å². The molecule has 0 amide bonds. The minimum Gasteiger partial charge on any atom is -0.115 e. The smallest absolute Gasteiger partial charge is 0.115 e. The zero-order valence-electron chi connectivity index (χ0n) is 5.76. The van der Waals surface area contributed by atoms with Gasteiger partial charge >= 0.3 is 0 Å². The Bertz CT molecular complexity index is 171. The zero-order chi connectivity index (χ0) is 7.61. The molecule has 4 heteroatoms. The molecule has 0 spiro atoms. The highest BCUT2D eigenvalue weighted by molar-refractivity contribution is 8.81. The normalized spacial score (nSPS) is 19.7. The van der Waals surface area contributed by atoms with Gasteiger partial charge in [-0.1, -0.05) is 39.6 Å². The van der Waals surface area contributed by atoms with Gasteiger partial charge in [0.2, 0.25) is 0 Å². The third kappa shape index (κ3) is 2.26. The first kappa shape index (κ1) is 8.57. The number of hydrogen-bond acceptors (Lipinski definition) is 0. The van der Waals surface area contributed by atoms with E-state index in [1.54, 1.807) is 0 Å². The van der Waals surface area contributed by atoms with Gasteiger partial charge in [0.15, 0.2) is 0 Å². The molecule has 0 unspecified atom stereocenters. The fourth-order valence-corrected chi connectivity index (χ4v) is 2.47. The number of hydrogen-bond donors (Lipinski definition) is 0. The Hall–Kier alpha value is 0.475. The molecule has 0 N–H and O–H groups in total. The lowest BCUT2D eigenvalue weighted by Gasteiger charge is -2.24. The quantitative estimate of drug-likeness (QED) is 0.562. The summed E-state index contributed by atoms with van der Waals surface area (Å²) >= 11 is 0. The fourth-order valence-electron chi connectivity index (χ4n) is 0.865. The molecule has 0 nitrogen and oxygen atoms in total. The Balaban J connectivity index is 2.60. The van der Waals surface area contributed by atoms with Crippen LogP contribution in [0.2, 0.25) is 6.32 Å². The molecule has 0 aromatic rings. The molecule has 0 atom stereocenters. The zero-order valence-corrected chi connectivity index (χ0v) is 8.09. The topological polar surface area (TPSA) is 0 Å². The van der Waals surface area contributed by atoms with Crippen molar-refractivity contribution in [3.05, 3.63) is 24.2 Å². The van der Waals surface area contributed by atoms with E-state index in [9.17, 15) is 0 Å². The summed E-state index contributed by atoms with van der Waals surface area (Å²) in [6, 6.07) is 0. The molecule has 0 saturated carbocycles. The summed E-state index contributed by atoms with van der Waals surface area (Å²) < 4.78 is 0. The molecular weight excluding hydrogens is 186 g/mol. The van der Waals surface area contributed by atoms with E-state index in [-0.39, 0.29) is 0 Å². The van der Waals surface area contributed by atoms with Gasteiger partial charge in [0.1, 0.15) is 0 Å². The van der Waals surface area contributed by atoms with Crippen molar-refractivity contribution in [1.82, 2.24) is 0 Å². The first-order valence-electron chi connectivity index (χ1n) is 3.10. The van der Waals surface area contributed by atoms with Crippen molar-refractivity contribution in [1.29, 1.82) is 0 Å². The standard InChI is InChI=1S/C6H9BCl2S/c1-10(8,9)7-5-3-2-4-6-7/h2-5H,6H2,1H3. The molecule has 0 radical (unpaired) electrons. The van der Waals surface area contributed by atoms with Crippen LogP contribution in [-0.2, 0) is 0 Å². The highest BCUT2D eigenvalue weighted by Gasteiger charge is 2.26. The molecule has 0 aromatic carbocycles. The maximum atomic E-state index is 5.98. The average Bonchev–Trinajstić information content (AvgIpc) is 1.88. The van der Waals surface area contributed by atoms with Gasteiger partial charge in [0.25, 0.3) is 5.99 Å². The van der Waals surface area contributed by atoms with Gasteiger partial charge < -0.3 is 0 Å². The molecule has 1 aliphatic rings. The van der Waals surface area contributed by atoms with E-state index in [0.29, 0.717) is 5.99 Å². The van der Waals surface area contributed by atoms with Gasteiger partial charge in [0, 0.05) is 0 Å². The monoisotopic (exact) mass is 194 g/mol. The first-order chi connectivity index (χ1) is 4.61. The predicted octanol–water partition coefficient (Wildman–Crippen LogP) is 3.39. The van der Waals surface area contributed by atoms with Crippen molar-refractivity contribution in [2.24, 2.45) is 0 Å². The van der Waals surface area contributed by atoms with Crippen molar-refractivity contribution < 1.29 is 0 Å². The third-order valence-corrected chi connectivity index (χ3v) is 4.26. The van der Waals surface area contributed by atoms with Gasteiger partial charge in [-0.3, -0.25) is 0 Å². The van der Waals surface area contributed by atoms with Crippen LogP contribution in [0.15, 0.2) is 24.2 Å². The molecule has 0 saturated heterocycles. The van der Waals surface area contributed by atoms with E-state index in [0.717, 1.165) is 6.32 Å². The lowest BCUT2D eigenvalue weighted by molar-refractivity contribution is 1.64. The molecule has 0 aromatic heterocycles. The van der Waals surface area contributed by atoms with Crippen LogP contribution in [0.5, 0.6) is 0 Å². The summed E-state index contributed by atoms with van der Waals surface area (Å²) in [5.41, 5.74) is 0. The van der Waals surface area contributed by atoms with Gasteiger partial charge in [0.05, 0.1) is 0 Å². The molecule has 1 heterocycles. The Kier molecular flexibility index (Phi) is 2.78. The van der Waals surface area contributed by atoms with E-state index in [1.165, 1.54) is 0 Å². The maximum Gasteiger partial charge on any atom is 0.253 e. The third-order valence-electron chi connectivity index (χ3n) is 1.47. The fraction of sp³-hybridized carbons (Fsp3) is 0.333. The van der Waals surface area contributed by atoms with Gasteiger partial charge in [-0.2, -0.15) is 0 Å². The SMILES string of the molecule is CS(Cl)(Cl)B1C=CC=CC1. The first-order valence-corrected chi connectivity index (χ1v) is 6.86. The van der Waals surface area contributed by atoms with E-state index in [2.05, 4.69) is 12.1 Å². The van der Waals surface area contributed by atoms with Gasteiger partial charge in [-0.15, -0.1) is 14.3 Å². The van der Waals surface area contributed by atoms with Crippen LogP contribution in [0.25, 0.3) is 0 Å². The Morgan fingerprint density at radius 3 is 2.40 bits per heavy atom. The van der Waals surface area contributed by atoms with Crippen LogP contribution in [0, 0.1) is 0 Å². The summed E-state index contributed by atoms with van der Waals surface area (Å²) in [4.78, 5) is 0.